The minimum absolute atomic E-state index is 0.0632. The van der Waals surface area contributed by atoms with Crippen LogP contribution in [0.15, 0.2) is 18.3 Å². The molecule has 8 heteroatoms. The lowest BCUT2D eigenvalue weighted by Crippen LogP contribution is -2.09. The average molecular weight is 262 g/mol. The van der Waals surface area contributed by atoms with Crippen molar-refractivity contribution in [3.63, 3.8) is 0 Å². The van der Waals surface area contributed by atoms with Crippen molar-refractivity contribution in [1.29, 1.82) is 0 Å². The lowest BCUT2D eigenvalue weighted by atomic mass is 10.2. The van der Waals surface area contributed by atoms with Gasteiger partial charge in [-0.3, -0.25) is 14.8 Å². The van der Waals surface area contributed by atoms with Crippen LogP contribution in [0, 0.1) is 24.0 Å². The van der Waals surface area contributed by atoms with Crippen LogP contribution in [0.3, 0.4) is 0 Å². The molecular formula is C11H14N6O2. The zero-order chi connectivity index (χ0) is 14.0. The van der Waals surface area contributed by atoms with E-state index in [1.54, 1.807) is 30.8 Å². The van der Waals surface area contributed by atoms with Crippen LogP contribution in [0.5, 0.6) is 0 Å². The van der Waals surface area contributed by atoms with Crippen LogP contribution in [-0.2, 0) is 6.54 Å². The highest BCUT2D eigenvalue weighted by atomic mass is 16.6. The predicted octanol–water partition coefficient (Wildman–Crippen LogP) is 1.14. The molecule has 2 aromatic rings. The largest absolute Gasteiger partial charge is 0.312 e. The van der Waals surface area contributed by atoms with Crippen molar-refractivity contribution in [2.45, 2.75) is 20.4 Å². The number of nitrogens with zero attached hydrogens (tertiary/aromatic N) is 4. The Kier molecular flexibility index (Phi) is 3.43. The van der Waals surface area contributed by atoms with E-state index in [2.05, 4.69) is 15.5 Å². The molecule has 0 spiro atoms. The van der Waals surface area contributed by atoms with Crippen LogP contribution in [0.2, 0.25) is 0 Å². The van der Waals surface area contributed by atoms with Crippen LogP contribution < -0.4 is 11.3 Å². The molecule has 2 heterocycles. The number of anilines is 1. The molecule has 2 aromatic heterocycles. The molecule has 0 aromatic carbocycles. The van der Waals surface area contributed by atoms with Gasteiger partial charge >= 0.3 is 5.69 Å². The van der Waals surface area contributed by atoms with Gasteiger partial charge in [-0.25, -0.2) is 10.8 Å². The molecule has 0 aliphatic heterocycles. The summed E-state index contributed by atoms with van der Waals surface area (Å²) in [7, 11) is 0. The number of aryl methyl sites for hydroxylation is 1. The highest BCUT2D eigenvalue weighted by molar-refractivity contribution is 5.40. The molecule has 19 heavy (non-hydrogen) atoms. The second-order valence-corrected chi connectivity index (χ2v) is 4.13. The number of hydrazine groups is 1. The molecule has 0 unspecified atom stereocenters. The molecule has 0 saturated heterocycles. The molecule has 0 aliphatic rings. The van der Waals surface area contributed by atoms with Crippen LogP contribution in [-0.4, -0.2) is 19.7 Å². The van der Waals surface area contributed by atoms with Gasteiger partial charge in [-0.15, -0.1) is 0 Å². The Balaban J connectivity index is 2.28. The molecule has 0 atom stereocenters. The maximum absolute atomic E-state index is 10.9. The smallest absolute Gasteiger partial charge is 0.308 e. The topological polar surface area (TPSA) is 112 Å². The number of nitrogen functional groups attached to an aromatic ring is 1. The van der Waals surface area contributed by atoms with Gasteiger partial charge < -0.3 is 5.43 Å². The van der Waals surface area contributed by atoms with E-state index in [9.17, 15) is 10.1 Å². The van der Waals surface area contributed by atoms with E-state index in [0.29, 0.717) is 23.8 Å². The fraction of sp³-hybridized carbons (Fsp3) is 0.273. The first-order valence-electron chi connectivity index (χ1n) is 5.63. The summed E-state index contributed by atoms with van der Waals surface area (Å²) in [5.74, 6) is 5.79. The first-order chi connectivity index (χ1) is 9.02. The van der Waals surface area contributed by atoms with E-state index in [1.165, 1.54) is 0 Å². The van der Waals surface area contributed by atoms with E-state index in [-0.39, 0.29) is 5.69 Å². The fourth-order valence-electron chi connectivity index (χ4n) is 1.88. The summed E-state index contributed by atoms with van der Waals surface area (Å²) in [4.78, 5) is 14.6. The third-order valence-corrected chi connectivity index (χ3v) is 2.83. The van der Waals surface area contributed by atoms with Crippen molar-refractivity contribution in [2.24, 2.45) is 5.84 Å². The number of hydrogen-bond acceptors (Lipinski definition) is 6. The number of nitrogens with one attached hydrogen (secondary N) is 1. The monoisotopic (exact) mass is 262 g/mol. The minimum Gasteiger partial charge on any atom is -0.308 e. The Labute approximate surface area is 109 Å². The quantitative estimate of drug-likeness (QED) is 0.485. The Bertz CT molecular complexity index is 604. The van der Waals surface area contributed by atoms with Gasteiger partial charge in [-0.2, -0.15) is 5.10 Å². The third-order valence-electron chi connectivity index (χ3n) is 2.83. The van der Waals surface area contributed by atoms with Crippen molar-refractivity contribution < 1.29 is 4.92 Å². The number of nitrogens with two attached hydrogens (primary N) is 1. The molecule has 0 saturated carbocycles. The van der Waals surface area contributed by atoms with Gasteiger partial charge in [0.1, 0.15) is 17.2 Å². The summed E-state index contributed by atoms with van der Waals surface area (Å²) in [6.07, 6.45) is 1.65. The molecule has 0 amide bonds. The van der Waals surface area contributed by atoms with Crippen molar-refractivity contribution in [3.8, 4) is 0 Å². The maximum atomic E-state index is 10.9. The highest BCUT2D eigenvalue weighted by Gasteiger charge is 2.21. The Morgan fingerprint density at radius 2 is 2.21 bits per heavy atom. The highest BCUT2D eigenvalue weighted by Crippen LogP contribution is 2.22. The predicted molar refractivity (Wildman–Crippen MR) is 69.5 cm³/mol. The molecule has 0 bridgehead atoms. The molecule has 2 rings (SSSR count). The standard InChI is InChI=1S/C11H14N6O2/c1-7-11(17(18)19)8(2)16(15-7)6-9-3-4-10(14-12)13-5-9/h3-5H,6,12H2,1-2H3,(H,13,14). The van der Waals surface area contributed by atoms with Gasteiger partial charge in [0.15, 0.2) is 0 Å². The zero-order valence-electron chi connectivity index (χ0n) is 10.6. The van der Waals surface area contributed by atoms with Crippen molar-refractivity contribution >= 4 is 11.5 Å². The summed E-state index contributed by atoms with van der Waals surface area (Å²) >= 11 is 0. The van der Waals surface area contributed by atoms with Gasteiger partial charge in [-0.1, -0.05) is 6.07 Å². The molecule has 8 nitrogen and oxygen atoms in total. The second kappa shape index (κ2) is 5.02. The summed E-state index contributed by atoms with van der Waals surface area (Å²) in [5, 5.41) is 15.1. The maximum Gasteiger partial charge on any atom is 0.312 e. The van der Waals surface area contributed by atoms with Crippen LogP contribution in [0.4, 0.5) is 11.5 Å². The van der Waals surface area contributed by atoms with Gasteiger partial charge in [0, 0.05) is 6.20 Å². The molecular weight excluding hydrogens is 248 g/mol. The van der Waals surface area contributed by atoms with E-state index in [0.717, 1.165) is 5.56 Å². The zero-order valence-corrected chi connectivity index (χ0v) is 10.6. The lowest BCUT2D eigenvalue weighted by Gasteiger charge is -2.04. The van der Waals surface area contributed by atoms with E-state index < -0.39 is 4.92 Å². The molecule has 3 N–H and O–H groups in total. The van der Waals surface area contributed by atoms with Gasteiger partial charge in [0.2, 0.25) is 0 Å². The summed E-state index contributed by atoms with van der Waals surface area (Å²) in [6, 6.07) is 3.57. The number of hydrogen-bond donors (Lipinski definition) is 2. The fourth-order valence-corrected chi connectivity index (χ4v) is 1.88. The molecule has 0 aliphatic carbocycles. The lowest BCUT2D eigenvalue weighted by molar-refractivity contribution is -0.386. The molecule has 0 fully saturated rings. The summed E-state index contributed by atoms with van der Waals surface area (Å²) < 4.78 is 1.60. The third kappa shape index (κ3) is 2.52. The number of aromatic nitrogens is 3. The van der Waals surface area contributed by atoms with E-state index >= 15 is 0 Å². The summed E-state index contributed by atoms with van der Waals surface area (Å²) in [5.41, 5.74) is 4.33. The van der Waals surface area contributed by atoms with Gasteiger partial charge in [0.05, 0.1) is 11.5 Å². The van der Waals surface area contributed by atoms with Crippen LogP contribution in [0.25, 0.3) is 0 Å². The van der Waals surface area contributed by atoms with Gasteiger partial charge in [-0.05, 0) is 25.5 Å². The van der Waals surface area contributed by atoms with E-state index in [1.807, 2.05) is 6.07 Å². The SMILES string of the molecule is Cc1nn(Cc2ccc(NN)nc2)c(C)c1[N+](=O)[O-]. The molecule has 100 valence electrons. The Morgan fingerprint density at radius 1 is 1.47 bits per heavy atom. The Morgan fingerprint density at radius 3 is 2.68 bits per heavy atom. The Hall–Kier alpha value is -2.48. The second-order valence-electron chi connectivity index (χ2n) is 4.13. The number of rotatable bonds is 4. The minimum atomic E-state index is -0.409. The van der Waals surface area contributed by atoms with Gasteiger partial charge in [0.25, 0.3) is 0 Å². The average Bonchev–Trinajstić information content (AvgIpc) is 2.65. The number of pyridine rings is 1. The van der Waals surface area contributed by atoms with E-state index in [4.69, 9.17) is 5.84 Å². The summed E-state index contributed by atoms with van der Waals surface area (Å²) in [6.45, 7) is 3.74. The normalized spacial score (nSPS) is 10.5. The van der Waals surface area contributed by atoms with Crippen molar-refractivity contribution in [2.75, 3.05) is 5.43 Å². The first-order valence-corrected chi connectivity index (χ1v) is 5.63. The van der Waals surface area contributed by atoms with Crippen LogP contribution >= 0.6 is 0 Å². The van der Waals surface area contributed by atoms with Crippen molar-refractivity contribution in [3.05, 3.63) is 45.4 Å². The van der Waals surface area contributed by atoms with Crippen molar-refractivity contribution in [1.82, 2.24) is 14.8 Å². The van der Waals surface area contributed by atoms with Crippen LogP contribution in [0.1, 0.15) is 17.0 Å². The molecule has 0 radical (unpaired) electrons. The first kappa shape index (κ1) is 13.0. The number of nitro groups is 1.